The van der Waals surface area contributed by atoms with E-state index in [4.69, 9.17) is 10.5 Å². The molecule has 14 heavy (non-hydrogen) atoms. The summed E-state index contributed by atoms with van der Waals surface area (Å²) < 4.78 is 7.29. The first-order chi connectivity index (χ1) is 6.60. The summed E-state index contributed by atoms with van der Waals surface area (Å²) in [4.78, 5) is 0. The van der Waals surface area contributed by atoms with Crippen molar-refractivity contribution in [1.82, 2.24) is 9.78 Å². The third-order valence-corrected chi connectivity index (χ3v) is 3.02. The number of ether oxygens (including phenoxy) is 1. The highest BCUT2D eigenvalue weighted by molar-refractivity contribution is 5.08. The summed E-state index contributed by atoms with van der Waals surface area (Å²) in [6.07, 6.45) is 3.79. The van der Waals surface area contributed by atoms with Gasteiger partial charge in [0.25, 0.3) is 0 Å². The van der Waals surface area contributed by atoms with Crippen molar-refractivity contribution in [3.8, 4) is 0 Å². The highest BCUT2D eigenvalue weighted by atomic mass is 16.5. The van der Waals surface area contributed by atoms with Gasteiger partial charge in [-0.3, -0.25) is 4.68 Å². The third kappa shape index (κ3) is 1.67. The first-order valence-corrected chi connectivity index (χ1v) is 4.99. The molecule has 0 bridgehead atoms. The lowest BCUT2D eigenvalue weighted by molar-refractivity contribution is 0.0952. The number of aromatic nitrogens is 2. The van der Waals surface area contributed by atoms with Crippen LogP contribution in [0.1, 0.15) is 19.0 Å². The van der Waals surface area contributed by atoms with Gasteiger partial charge in [-0.25, -0.2) is 0 Å². The van der Waals surface area contributed by atoms with E-state index in [0.717, 1.165) is 25.1 Å². The molecule has 1 aliphatic heterocycles. The first-order valence-electron chi connectivity index (χ1n) is 4.99. The van der Waals surface area contributed by atoms with Gasteiger partial charge in [-0.1, -0.05) is 0 Å². The summed E-state index contributed by atoms with van der Waals surface area (Å²) in [5.74, 6) is 0. The van der Waals surface area contributed by atoms with E-state index in [1.807, 2.05) is 26.2 Å². The second-order valence-electron chi connectivity index (χ2n) is 4.15. The minimum atomic E-state index is -0.228. The van der Waals surface area contributed by atoms with Gasteiger partial charge in [0.05, 0.1) is 11.8 Å². The number of hydrogen-bond acceptors (Lipinski definition) is 3. The van der Waals surface area contributed by atoms with Crippen molar-refractivity contribution in [2.24, 2.45) is 12.8 Å². The summed E-state index contributed by atoms with van der Waals surface area (Å²) >= 11 is 0. The molecule has 0 spiro atoms. The average molecular weight is 195 g/mol. The maximum atomic E-state index is 6.27. The molecule has 0 amide bonds. The fourth-order valence-electron chi connectivity index (χ4n) is 1.92. The molecule has 0 saturated carbocycles. The molecule has 1 aromatic rings. The van der Waals surface area contributed by atoms with E-state index in [1.54, 1.807) is 4.68 Å². The molecule has 1 aliphatic rings. The highest BCUT2D eigenvalue weighted by Gasteiger charge is 2.38. The van der Waals surface area contributed by atoms with Crippen LogP contribution in [0.4, 0.5) is 0 Å². The van der Waals surface area contributed by atoms with Crippen LogP contribution in [-0.2, 0) is 18.2 Å². The molecule has 1 saturated heterocycles. The van der Waals surface area contributed by atoms with Crippen LogP contribution in [-0.4, -0.2) is 28.0 Å². The van der Waals surface area contributed by atoms with Crippen LogP contribution in [0.15, 0.2) is 12.3 Å². The van der Waals surface area contributed by atoms with Crippen LogP contribution < -0.4 is 5.73 Å². The zero-order valence-electron chi connectivity index (χ0n) is 8.73. The summed E-state index contributed by atoms with van der Waals surface area (Å²) in [6, 6.07) is 2.01. The van der Waals surface area contributed by atoms with Gasteiger partial charge in [0.1, 0.15) is 0 Å². The molecule has 0 aromatic carbocycles. The molecule has 78 valence electrons. The van der Waals surface area contributed by atoms with Gasteiger partial charge >= 0.3 is 0 Å². The molecule has 2 unspecified atom stereocenters. The van der Waals surface area contributed by atoms with Crippen molar-refractivity contribution in [2.75, 3.05) is 6.61 Å². The van der Waals surface area contributed by atoms with Crippen molar-refractivity contribution in [3.63, 3.8) is 0 Å². The van der Waals surface area contributed by atoms with Crippen LogP contribution in [0.2, 0.25) is 0 Å². The molecule has 4 nitrogen and oxygen atoms in total. The SMILES string of the molecule is CC1OCCC1(N)Cc1ccn(C)n1. The topological polar surface area (TPSA) is 53.1 Å². The fourth-order valence-corrected chi connectivity index (χ4v) is 1.92. The lowest BCUT2D eigenvalue weighted by Crippen LogP contribution is -2.48. The fraction of sp³-hybridized carbons (Fsp3) is 0.700. The van der Waals surface area contributed by atoms with E-state index in [-0.39, 0.29) is 11.6 Å². The van der Waals surface area contributed by atoms with Crippen molar-refractivity contribution < 1.29 is 4.74 Å². The van der Waals surface area contributed by atoms with Gasteiger partial charge in [-0.15, -0.1) is 0 Å². The van der Waals surface area contributed by atoms with Crippen LogP contribution >= 0.6 is 0 Å². The third-order valence-electron chi connectivity index (χ3n) is 3.02. The lowest BCUT2D eigenvalue weighted by atomic mass is 9.88. The number of nitrogens with two attached hydrogens (primary N) is 1. The first kappa shape index (κ1) is 9.68. The van der Waals surface area contributed by atoms with Crippen LogP contribution in [0.3, 0.4) is 0 Å². The van der Waals surface area contributed by atoms with Crippen molar-refractivity contribution >= 4 is 0 Å². The van der Waals surface area contributed by atoms with Gasteiger partial charge in [0, 0.05) is 31.8 Å². The monoisotopic (exact) mass is 195 g/mol. The van der Waals surface area contributed by atoms with E-state index in [0.29, 0.717) is 0 Å². The number of aryl methyl sites for hydroxylation is 1. The second kappa shape index (κ2) is 3.37. The Morgan fingerprint density at radius 3 is 3.07 bits per heavy atom. The van der Waals surface area contributed by atoms with Crippen LogP contribution in [0, 0.1) is 0 Å². The highest BCUT2D eigenvalue weighted by Crippen LogP contribution is 2.26. The van der Waals surface area contributed by atoms with E-state index in [2.05, 4.69) is 5.10 Å². The molecular formula is C10H17N3O. The molecule has 1 fully saturated rings. The van der Waals surface area contributed by atoms with Gasteiger partial charge in [0.2, 0.25) is 0 Å². The molecule has 2 N–H and O–H groups in total. The van der Waals surface area contributed by atoms with E-state index >= 15 is 0 Å². The maximum Gasteiger partial charge on any atom is 0.0731 e. The smallest absolute Gasteiger partial charge is 0.0731 e. The Morgan fingerprint density at radius 2 is 2.57 bits per heavy atom. The minimum Gasteiger partial charge on any atom is -0.377 e. The Morgan fingerprint density at radius 1 is 1.79 bits per heavy atom. The minimum absolute atomic E-state index is 0.129. The summed E-state index contributed by atoms with van der Waals surface area (Å²) in [5.41, 5.74) is 7.09. The van der Waals surface area contributed by atoms with Gasteiger partial charge < -0.3 is 10.5 Å². The molecule has 2 heterocycles. The lowest BCUT2D eigenvalue weighted by Gasteiger charge is -2.26. The Hall–Kier alpha value is -0.870. The molecule has 0 radical (unpaired) electrons. The van der Waals surface area contributed by atoms with Crippen molar-refractivity contribution in [3.05, 3.63) is 18.0 Å². The van der Waals surface area contributed by atoms with Crippen molar-refractivity contribution in [1.29, 1.82) is 0 Å². The van der Waals surface area contributed by atoms with Gasteiger partial charge in [-0.2, -0.15) is 5.10 Å². The normalized spacial score (nSPS) is 32.4. The molecule has 0 aliphatic carbocycles. The molecule has 1 aromatic heterocycles. The predicted molar refractivity (Wildman–Crippen MR) is 53.9 cm³/mol. The second-order valence-corrected chi connectivity index (χ2v) is 4.15. The largest absolute Gasteiger partial charge is 0.377 e. The Bertz CT molecular complexity index is 323. The standard InChI is InChI=1S/C10H17N3O/c1-8-10(11,4-6-14-8)7-9-3-5-13(2)12-9/h3,5,8H,4,6-7,11H2,1-2H3. The van der Waals surface area contributed by atoms with Crippen LogP contribution in [0.25, 0.3) is 0 Å². The van der Waals surface area contributed by atoms with E-state index in [9.17, 15) is 0 Å². The summed E-state index contributed by atoms with van der Waals surface area (Å²) in [7, 11) is 1.92. The maximum absolute atomic E-state index is 6.27. The molecular weight excluding hydrogens is 178 g/mol. The Labute approximate surface area is 84.0 Å². The summed E-state index contributed by atoms with van der Waals surface area (Å²) in [6.45, 7) is 2.81. The number of hydrogen-bond donors (Lipinski definition) is 1. The zero-order chi connectivity index (χ0) is 10.2. The summed E-state index contributed by atoms with van der Waals surface area (Å²) in [5, 5.41) is 4.33. The molecule has 2 atom stereocenters. The zero-order valence-corrected chi connectivity index (χ0v) is 8.73. The van der Waals surface area contributed by atoms with Crippen LogP contribution in [0.5, 0.6) is 0 Å². The Kier molecular flexibility index (Phi) is 2.33. The van der Waals surface area contributed by atoms with Crippen molar-refractivity contribution in [2.45, 2.75) is 31.4 Å². The van der Waals surface area contributed by atoms with Gasteiger partial charge in [0.15, 0.2) is 0 Å². The quantitative estimate of drug-likeness (QED) is 0.746. The average Bonchev–Trinajstić information content (AvgIpc) is 2.62. The number of rotatable bonds is 2. The molecule has 2 rings (SSSR count). The van der Waals surface area contributed by atoms with Gasteiger partial charge in [-0.05, 0) is 19.4 Å². The Balaban J connectivity index is 2.10. The predicted octanol–water partition coefficient (Wildman–Crippen LogP) is 0.469. The molecule has 4 heteroatoms. The number of nitrogens with zero attached hydrogens (tertiary/aromatic N) is 2. The van der Waals surface area contributed by atoms with E-state index < -0.39 is 0 Å². The van der Waals surface area contributed by atoms with E-state index in [1.165, 1.54) is 0 Å².